The summed E-state index contributed by atoms with van der Waals surface area (Å²) in [5.41, 5.74) is 0.198. The Bertz CT molecular complexity index is 573. The molecule has 2 rings (SSSR count). The van der Waals surface area contributed by atoms with Crippen LogP contribution >= 0.6 is 0 Å². The zero-order chi connectivity index (χ0) is 16.9. The van der Waals surface area contributed by atoms with Crippen molar-refractivity contribution in [1.29, 1.82) is 0 Å². The number of nitrogens with zero attached hydrogens (tertiary/aromatic N) is 1. The molecule has 5 heteroatoms. The zero-order valence-electron chi connectivity index (χ0n) is 13.5. The Hall–Kier alpha value is -2.30. The fraction of sp³-hybridized carbons (Fsp3) is 0.444. The number of carbonyl (C=O) groups excluding carboxylic acids is 1. The maximum atomic E-state index is 12.5. The van der Waals surface area contributed by atoms with Crippen molar-refractivity contribution in [3.05, 3.63) is 48.6 Å². The average molecular weight is 316 g/mol. The monoisotopic (exact) mass is 316 g/mol. The quantitative estimate of drug-likeness (QED) is 0.792. The molecule has 0 aromatic heterocycles. The van der Waals surface area contributed by atoms with Gasteiger partial charge in [-0.15, -0.1) is 6.58 Å². The van der Waals surface area contributed by atoms with E-state index in [1.807, 2.05) is 36.4 Å². The molecule has 23 heavy (non-hydrogen) atoms. The Kier molecular flexibility index (Phi) is 5.42. The van der Waals surface area contributed by atoms with Crippen molar-refractivity contribution in [3.63, 3.8) is 0 Å². The fourth-order valence-corrected chi connectivity index (χ4v) is 2.84. The first-order valence-corrected chi connectivity index (χ1v) is 7.91. The van der Waals surface area contributed by atoms with Gasteiger partial charge in [-0.3, -0.25) is 4.79 Å². The molecule has 0 radical (unpaired) electrons. The number of aliphatic carboxylic acids is 1. The van der Waals surface area contributed by atoms with Gasteiger partial charge in [-0.25, -0.2) is 4.79 Å². The second-order valence-corrected chi connectivity index (χ2v) is 6.32. The minimum absolute atomic E-state index is 0.0987. The van der Waals surface area contributed by atoms with Crippen molar-refractivity contribution in [2.45, 2.75) is 32.2 Å². The molecule has 2 unspecified atom stereocenters. The van der Waals surface area contributed by atoms with Gasteiger partial charge in [0.05, 0.1) is 11.5 Å². The minimum atomic E-state index is -0.848. The molecule has 1 saturated heterocycles. The largest absolute Gasteiger partial charge is 0.481 e. The van der Waals surface area contributed by atoms with Crippen molar-refractivity contribution >= 4 is 12.0 Å². The van der Waals surface area contributed by atoms with E-state index in [0.717, 1.165) is 18.4 Å². The van der Waals surface area contributed by atoms with Crippen LogP contribution in [0.15, 0.2) is 43.0 Å². The van der Waals surface area contributed by atoms with E-state index in [4.69, 9.17) is 0 Å². The topological polar surface area (TPSA) is 69.6 Å². The van der Waals surface area contributed by atoms with Crippen LogP contribution in [-0.4, -0.2) is 35.1 Å². The van der Waals surface area contributed by atoms with E-state index in [1.165, 1.54) is 0 Å². The molecule has 1 aromatic rings. The van der Waals surface area contributed by atoms with Crippen molar-refractivity contribution < 1.29 is 14.7 Å². The molecule has 0 bridgehead atoms. The smallest absolute Gasteiger partial charge is 0.317 e. The van der Waals surface area contributed by atoms with Crippen LogP contribution in [0.2, 0.25) is 0 Å². The van der Waals surface area contributed by atoms with Crippen LogP contribution in [0.5, 0.6) is 0 Å². The molecule has 2 amide bonds. The summed E-state index contributed by atoms with van der Waals surface area (Å²) in [5, 5.41) is 12.3. The zero-order valence-corrected chi connectivity index (χ0v) is 13.5. The number of likely N-dealkylation sites (tertiary alicyclic amines) is 1. The summed E-state index contributed by atoms with van der Waals surface area (Å²) in [6.07, 6.45) is 3.88. The number of allylic oxidation sites excluding steroid dienone is 1. The number of rotatable bonds is 6. The highest BCUT2D eigenvalue weighted by atomic mass is 16.4. The van der Waals surface area contributed by atoms with E-state index in [1.54, 1.807) is 11.8 Å². The Morgan fingerprint density at radius 2 is 2.13 bits per heavy atom. The minimum Gasteiger partial charge on any atom is -0.481 e. The first-order valence-electron chi connectivity index (χ1n) is 7.91. The number of benzene rings is 1. The second kappa shape index (κ2) is 7.31. The van der Waals surface area contributed by atoms with Crippen LogP contribution in [0.4, 0.5) is 4.79 Å². The van der Waals surface area contributed by atoms with Crippen LogP contribution in [0.25, 0.3) is 0 Å². The van der Waals surface area contributed by atoms with Crippen molar-refractivity contribution in [2.75, 3.05) is 13.1 Å². The third-order valence-electron chi connectivity index (χ3n) is 4.44. The number of carboxylic acids is 1. The van der Waals surface area contributed by atoms with Gasteiger partial charge in [0.1, 0.15) is 0 Å². The molecule has 0 spiro atoms. The molecule has 1 aromatic carbocycles. The number of hydrogen-bond acceptors (Lipinski definition) is 2. The maximum Gasteiger partial charge on any atom is 0.317 e. The third-order valence-corrected chi connectivity index (χ3v) is 4.44. The van der Waals surface area contributed by atoms with Gasteiger partial charge in [-0.1, -0.05) is 36.4 Å². The molecular formula is C18H24N2O3. The summed E-state index contributed by atoms with van der Waals surface area (Å²) in [6, 6.07) is 9.50. The number of amides is 2. The molecule has 2 N–H and O–H groups in total. The molecule has 1 heterocycles. The number of carbonyl (C=O) groups is 2. The predicted molar refractivity (Wildman–Crippen MR) is 89.1 cm³/mol. The van der Waals surface area contributed by atoms with Gasteiger partial charge in [-0.2, -0.15) is 0 Å². The van der Waals surface area contributed by atoms with Gasteiger partial charge < -0.3 is 15.3 Å². The van der Waals surface area contributed by atoms with E-state index in [9.17, 15) is 14.7 Å². The van der Waals surface area contributed by atoms with Crippen LogP contribution in [0, 0.1) is 5.41 Å². The lowest BCUT2D eigenvalue weighted by atomic mass is 9.90. The first kappa shape index (κ1) is 17.1. The van der Waals surface area contributed by atoms with Gasteiger partial charge >= 0.3 is 12.0 Å². The fourth-order valence-electron chi connectivity index (χ4n) is 2.84. The highest BCUT2D eigenvalue weighted by Crippen LogP contribution is 2.30. The summed E-state index contributed by atoms with van der Waals surface area (Å²) in [5.74, 6) is -0.848. The molecule has 1 aliphatic heterocycles. The van der Waals surface area contributed by atoms with Gasteiger partial charge in [0.2, 0.25) is 0 Å². The number of carboxylic acid groups (broad SMARTS) is 1. The number of nitrogens with one attached hydrogen (secondary N) is 1. The summed E-state index contributed by atoms with van der Waals surface area (Å²) >= 11 is 0. The maximum absolute atomic E-state index is 12.5. The average Bonchev–Trinajstić information content (AvgIpc) is 2.96. The lowest BCUT2D eigenvalue weighted by Gasteiger charge is -2.24. The first-order chi connectivity index (χ1) is 11.0. The predicted octanol–water partition coefficient (Wildman–Crippen LogP) is 3.20. The molecule has 1 aliphatic rings. The van der Waals surface area contributed by atoms with Crippen molar-refractivity contribution in [2.24, 2.45) is 5.41 Å². The Balaban J connectivity index is 2.04. The summed E-state index contributed by atoms with van der Waals surface area (Å²) in [6.45, 7) is 6.14. The number of hydrogen-bond donors (Lipinski definition) is 2. The molecule has 124 valence electrons. The molecule has 0 aliphatic carbocycles. The SMILES string of the molecule is C=CCCC(NC(=O)N1CCC(C)(C(=O)O)C1)c1ccccc1. The summed E-state index contributed by atoms with van der Waals surface area (Å²) < 4.78 is 0. The van der Waals surface area contributed by atoms with E-state index < -0.39 is 11.4 Å². The van der Waals surface area contributed by atoms with Crippen LogP contribution in [0.3, 0.4) is 0 Å². The van der Waals surface area contributed by atoms with E-state index in [2.05, 4.69) is 11.9 Å². The summed E-state index contributed by atoms with van der Waals surface area (Å²) in [4.78, 5) is 25.4. The van der Waals surface area contributed by atoms with E-state index in [-0.39, 0.29) is 18.6 Å². The van der Waals surface area contributed by atoms with Gasteiger partial charge in [0.25, 0.3) is 0 Å². The Labute approximate surface area is 137 Å². The second-order valence-electron chi connectivity index (χ2n) is 6.32. The molecule has 2 atom stereocenters. The van der Waals surface area contributed by atoms with Gasteiger partial charge in [0.15, 0.2) is 0 Å². The van der Waals surface area contributed by atoms with Crippen LogP contribution in [-0.2, 0) is 4.79 Å². The van der Waals surface area contributed by atoms with Crippen molar-refractivity contribution in [3.8, 4) is 0 Å². The normalized spacial score (nSPS) is 21.7. The highest BCUT2D eigenvalue weighted by molar-refractivity contribution is 5.79. The Morgan fingerprint density at radius 1 is 1.43 bits per heavy atom. The van der Waals surface area contributed by atoms with Gasteiger partial charge in [-0.05, 0) is 31.7 Å². The van der Waals surface area contributed by atoms with Crippen LogP contribution < -0.4 is 5.32 Å². The van der Waals surface area contributed by atoms with Crippen LogP contribution in [0.1, 0.15) is 37.8 Å². The lowest BCUT2D eigenvalue weighted by molar-refractivity contribution is -0.147. The van der Waals surface area contributed by atoms with E-state index >= 15 is 0 Å². The molecular weight excluding hydrogens is 292 g/mol. The molecule has 5 nitrogen and oxygen atoms in total. The standard InChI is InChI=1S/C18H24N2O3/c1-3-4-10-15(14-8-6-5-7-9-14)19-17(23)20-12-11-18(2,13-20)16(21)22/h3,5-9,15H,1,4,10-13H2,2H3,(H,19,23)(H,21,22). The molecule has 1 fully saturated rings. The Morgan fingerprint density at radius 3 is 2.70 bits per heavy atom. The van der Waals surface area contributed by atoms with Gasteiger partial charge in [0, 0.05) is 13.1 Å². The third kappa shape index (κ3) is 4.12. The summed E-state index contributed by atoms with van der Waals surface area (Å²) in [7, 11) is 0. The van der Waals surface area contributed by atoms with Crippen molar-refractivity contribution in [1.82, 2.24) is 10.2 Å². The molecule has 0 saturated carbocycles. The lowest BCUT2D eigenvalue weighted by Crippen LogP contribution is -2.42. The number of urea groups is 1. The van der Waals surface area contributed by atoms with E-state index in [0.29, 0.717) is 13.0 Å². The highest BCUT2D eigenvalue weighted by Gasteiger charge is 2.42.